The van der Waals surface area contributed by atoms with Crippen LogP contribution in [0.5, 0.6) is 5.75 Å². The van der Waals surface area contributed by atoms with Gasteiger partial charge in [-0.05, 0) is 0 Å². The molecule has 0 aromatic heterocycles. The van der Waals surface area contributed by atoms with E-state index in [-0.39, 0.29) is 5.75 Å². The van der Waals surface area contributed by atoms with Crippen LogP contribution in [0.15, 0.2) is 12.1 Å². The first-order valence-electron chi connectivity index (χ1n) is 4.28. The van der Waals surface area contributed by atoms with Gasteiger partial charge in [-0.15, -0.1) is 0 Å². The maximum atomic E-state index is 12.6. The van der Waals surface area contributed by atoms with Crippen LogP contribution >= 0.6 is 7.91 Å². The van der Waals surface area contributed by atoms with Crippen molar-refractivity contribution in [2.45, 2.75) is 20.8 Å². The Morgan fingerprint density at radius 3 is 1.80 bits per heavy atom. The van der Waals surface area contributed by atoms with Crippen molar-refractivity contribution in [3.05, 3.63) is 28.8 Å². The number of benzene rings is 1. The maximum absolute atomic E-state index is 12.6. The second-order valence-electron chi connectivity index (χ2n) is 3.58. The fourth-order valence-corrected chi connectivity index (χ4v) is 2.05. The van der Waals surface area contributed by atoms with Gasteiger partial charge in [0.1, 0.15) is 0 Å². The van der Waals surface area contributed by atoms with Gasteiger partial charge in [-0.1, -0.05) is 0 Å². The Labute approximate surface area is 86.7 Å². The molecule has 0 saturated carbocycles. The van der Waals surface area contributed by atoms with Crippen molar-refractivity contribution < 1.29 is 22.7 Å². The normalized spacial score (nSPS) is 14.5. The van der Waals surface area contributed by atoms with E-state index in [1.165, 1.54) is 0 Å². The van der Waals surface area contributed by atoms with E-state index in [2.05, 4.69) is 4.52 Å². The fourth-order valence-electron chi connectivity index (χ4n) is 1.46. The van der Waals surface area contributed by atoms with E-state index in [1.54, 1.807) is 26.0 Å². The number of hydrogen-bond acceptors (Lipinski definition) is 3. The summed E-state index contributed by atoms with van der Waals surface area (Å²) in [5.74, 6) is -0.173. The molecule has 1 rings (SSSR count). The predicted octanol–water partition coefficient (Wildman–Crippen LogP) is 3.04. The summed E-state index contributed by atoms with van der Waals surface area (Å²) in [5.41, 5.74) is 1.78. The first-order chi connectivity index (χ1) is 6.55. The zero-order valence-corrected chi connectivity index (χ0v) is 9.55. The van der Waals surface area contributed by atoms with Crippen molar-refractivity contribution in [2.24, 2.45) is 0 Å². The van der Waals surface area contributed by atoms with E-state index < -0.39 is 7.91 Å². The topological polar surface area (TPSA) is 49.7 Å². The van der Waals surface area contributed by atoms with Crippen molar-refractivity contribution >= 4 is 7.91 Å². The SMILES string of the molecule is Cc1cc(C)c(OP(O)(O)(F)F)c(C)c1. The first-order valence-corrected chi connectivity index (χ1v) is 6.12. The monoisotopic (exact) mass is 238 g/mol. The van der Waals surface area contributed by atoms with Gasteiger partial charge in [-0.3, -0.25) is 0 Å². The molecule has 0 radical (unpaired) electrons. The second-order valence-corrected chi connectivity index (χ2v) is 5.27. The molecule has 0 bridgehead atoms. The van der Waals surface area contributed by atoms with Gasteiger partial charge in [0, 0.05) is 0 Å². The molecule has 0 saturated heterocycles. The van der Waals surface area contributed by atoms with Crippen LogP contribution in [0.25, 0.3) is 0 Å². The molecule has 0 spiro atoms. The van der Waals surface area contributed by atoms with Crippen LogP contribution < -0.4 is 4.52 Å². The molecule has 0 aliphatic rings. The molecule has 1 aromatic carbocycles. The van der Waals surface area contributed by atoms with Gasteiger partial charge in [0.2, 0.25) is 0 Å². The fraction of sp³-hybridized carbons (Fsp3) is 0.333. The van der Waals surface area contributed by atoms with E-state index in [0.717, 1.165) is 5.56 Å². The molecule has 0 fully saturated rings. The number of halogens is 2. The van der Waals surface area contributed by atoms with E-state index in [4.69, 9.17) is 9.79 Å². The molecule has 2 N–H and O–H groups in total. The summed E-state index contributed by atoms with van der Waals surface area (Å²) in [6.07, 6.45) is 0. The van der Waals surface area contributed by atoms with E-state index in [0.29, 0.717) is 11.1 Å². The van der Waals surface area contributed by atoms with Gasteiger partial charge < -0.3 is 0 Å². The average Bonchev–Trinajstić information content (AvgIpc) is 1.93. The summed E-state index contributed by atoms with van der Waals surface area (Å²) in [4.78, 5) is 16.8. The van der Waals surface area contributed by atoms with Crippen molar-refractivity contribution in [3.8, 4) is 5.75 Å². The van der Waals surface area contributed by atoms with Crippen molar-refractivity contribution in [1.29, 1.82) is 0 Å². The number of hydrogen-bond donors (Lipinski definition) is 2. The molecule has 0 unspecified atom stereocenters. The summed E-state index contributed by atoms with van der Waals surface area (Å²) in [7, 11) is -6.94. The van der Waals surface area contributed by atoms with E-state index in [9.17, 15) is 8.39 Å². The van der Waals surface area contributed by atoms with Crippen LogP contribution in [0.3, 0.4) is 0 Å². The molecule has 15 heavy (non-hydrogen) atoms. The number of aryl methyl sites for hydroxylation is 3. The quantitative estimate of drug-likeness (QED) is 0.778. The third-order valence-electron chi connectivity index (χ3n) is 1.85. The van der Waals surface area contributed by atoms with Gasteiger partial charge in [0.25, 0.3) is 0 Å². The summed E-state index contributed by atoms with van der Waals surface area (Å²) < 4.78 is 29.2. The van der Waals surface area contributed by atoms with Crippen LogP contribution in [0.1, 0.15) is 16.7 Å². The van der Waals surface area contributed by atoms with Crippen LogP contribution in [-0.4, -0.2) is 9.79 Å². The molecular weight excluding hydrogens is 225 g/mol. The van der Waals surface area contributed by atoms with Crippen molar-refractivity contribution in [1.82, 2.24) is 0 Å². The van der Waals surface area contributed by atoms with Gasteiger partial charge in [-0.2, -0.15) is 0 Å². The molecule has 0 atom stereocenters. The Morgan fingerprint density at radius 2 is 1.47 bits per heavy atom. The second kappa shape index (κ2) is 3.37. The van der Waals surface area contributed by atoms with Gasteiger partial charge in [0.05, 0.1) is 0 Å². The first kappa shape index (κ1) is 12.3. The molecule has 6 heteroatoms. The summed E-state index contributed by atoms with van der Waals surface area (Å²) >= 11 is 0. The standard InChI is InChI=1S/C9H13F2O3P/c1-6-4-7(2)9(8(3)5-6)14-15(10,11,12)13/h4-5,12-13H,1-3H3. The van der Waals surface area contributed by atoms with E-state index >= 15 is 0 Å². The molecule has 86 valence electrons. The average molecular weight is 238 g/mol. The Bertz CT molecular complexity index is 366. The van der Waals surface area contributed by atoms with Gasteiger partial charge >= 0.3 is 86.0 Å². The van der Waals surface area contributed by atoms with Gasteiger partial charge in [0.15, 0.2) is 0 Å². The van der Waals surface area contributed by atoms with Crippen LogP contribution in [0, 0.1) is 20.8 Å². The zero-order valence-electron chi connectivity index (χ0n) is 8.66. The summed E-state index contributed by atoms with van der Waals surface area (Å²) in [6.45, 7) is 4.95. The zero-order chi connectivity index (χ0) is 11.9. The van der Waals surface area contributed by atoms with Crippen LogP contribution in [-0.2, 0) is 0 Å². The molecular formula is C9H13F2O3P. The Kier molecular flexibility index (Phi) is 2.76. The Balaban J connectivity index is 3.17. The molecule has 0 aliphatic heterocycles. The van der Waals surface area contributed by atoms with E-state index in [1.807, 2.05) is 6.92 Å². The Hall–Kier alpha value is -0.770. The summed E-state index contributed by atoms with van der Waals surface area (Å²) in [5, 5.41) is 0. The Morgan fingerprint density at radius 1 is 1.07 bits per heavy atom. The minimum absolute atomic E-state index is 0.173. The summed E-state index contributed by atoms with van der Waals surface area (Å²) in [6, 6.07) is 3.26. The molecule has 3 nitrogen and oxygen atoms in total. The van der Waals surface area contributed by atoms with Crippen molar-refractivity contribution in [3.63, 3.8) is 0 Å². The van der Waals surface area contributed by atoms with Crippen LogP contribution in [0.2, 0.25) is 0 Å². The third kappa shape index (κ3) is 3.70. The molecule has 1 aromatic rings. The molecule has 0 amide bonds. The van der Waals surface area contributed by atoms with Crippen LogP contribution in [0.4, 0.5) is 8.39 Å². The molecule has 0 aliphatic carbocycles. The van der Waals surface area contributed by atoms with Crippen molar-refractivity contribution in [2.75, 3.05) is 0 Å². The third-order valence-corrected chi connectivity index (χ3v) is 2.33. The van der Waals surface area contributed by atoms with Gasteiger partial charge in [-0.25, -0.2) is 0 Å². The minimum atomic E-state index is -6.94. The number of rotatable bonds is 2. The molecule has 0 heterocycles. The predicted molar refractivity (Wildman–Crippen MR) is 54.9 cm³/mol.